The van der Waals surface area contributed by atoms with Crippen molar-refractivity contribution in [3.05, 3.63) is 59.9 Å². The maximum absolute atomic E-state index is 13.1. The highest BCUT2D eigenvalue weighted by Crippen LogP contribution is 2.20. The van der Waals surface area contributed by atoms with Crippen LogP contribution in [-0.4, -0.2) is 18.0 Å². The maximum atomic E-state index is 13.1. The van der Waals surface area contributed by atoms with Gasteiger partial charge in [-0.2, -0.15) is 13.2 Å². The SMILES string of the molecule is O=C(Cc1cccc(F)c1)Nc1cccc(NC(=O)C(F)(F)F)c1. The van der Waals surface area contributed by atoms with Crippen molar-refractivity contribution in [3.63, 3.8) is 0 Å². The van der Waals surface area contributed by atoms with Crippen LogP contribution in [0.5, 0.6) is 0 Å². The number of benzene rings is 2. The number of carbonyl (C=O) groups excluding carboxylic acids is 2. The van der Waals surface area contributed by atoms with Crippen LogP contribution in [-0.2, 0) is 16.0 Å². The van der Waals surface area contributed by atoms with Gasteiger partial charge in [-0.05, 0) is 35.9 Å². The van der Waals surface area contributed by atoms with Crippen LogP contribution in [0, 0.1) is 5.82 Å². The Hall–Kier alpha value is -2.90. The van der Waals surface area contributed by atoms with Gasteiger partial charge in [-0.15, -0.1) is 0 Å². The van der Waals surface area contributed by atoms with Crippen LogP contribution in [0.25, 0.3) is 0 Å². The molecule has 0 radical (unpaired) electrons. The topological polar surface area (TPSA) is 58.2 Å². The predicted octanol–water partition coefficient (Wildman–Crippen LogP) is 3.51. The zero-order chi connectivity index (χ0) is 17.7. The van der Waals surface area contributed by atoms with Gasteiger partial charge in [0.15, 0.2) is 0 Å². The van der Waals surface area contributed by atoms with Gasteiger partial charge < -0.3 is 10.6 Å². The molecule has 2 aromatic rings. The zero-order valence-corrected chi connectivity index (χ0v) is 12.2. The van der Waals surface area contributed by atoms with Crippen LogP contribution in [0.1, 0.15) is 5.56 Å². The molecular weight excluding hydrogens is 328 g/mol. The Balaban J connectivity index is 2.01. The Kier molecular flexibility index (Phi) is 5.18. The van der Waals surface area contributed by atoms with Gasteiger partial charge in [0, 0.05) is 11.4 Å². The lowest BCUT2D eigenvalue weighted by Gasteiger charge is -2.10. The Labute approximate surface area is 134 Å². The van der Waals surface area contributed by atoms with Crippen molar-refractivity contribution in [1.82, 2.24) is 0 Å². The van der Waals surface area contributed by atoms with Gasteiger partial charge in [-0.25, -0.2) is 4.39 Å². The van der Waals surface area contributed by atoms with E-state index in [-0.39, 0.29) is 17.8 Å². The highest BCUT2D eigenvalue weighted by Gasteiger charge is 2.38. The first-order valence-electron chi connectivity index (χ1n) is 6.76. The Morgan fingerprint density at radius 3 is 2.17 bits per heavy atom. The second-order valence-corrected chi connectivity index (χ2v) is 4.89. The van der Waals surface area contributed by atoms with Crippen molar-refractivity contribution in [2.24, 2.45) is 0 Å². The third kappa shape index (κ3) is 5.08. The summed E-state index contributed by atoms with van der Waals surface area (Å²) in [6.45, 7) is 0. The molecule has 0 heterocycles. The van der Waals surface area contributed by atoms with E-state index in [0.717, 1.165) is 0 Å². The minimum Gasteiger partial charge on any atom is -0.326 e. The summed E-state index contributed by atoms with van der Waals surface area (Å²) in [5.41, 5.74) is 0.547. The van der Waals surface area contributed by atoms with E-state index in [4.69, 9.17) is 0 Å². The highest BCUT2D eigenvalue weighted by atomic mass is 19.4. The largest absolute Gasteiger partial charge is 0.471 e. The molecule has 0 spiro atoms. The fraction of sp³-hybridized carbons (Fsp3) is 0.125. The van der Waals surface area contributed by atoms with E-state index in [0.29, 0.717) is 5.56 Å². The Morgan fingerprint density at radius 1 is 0.917 bits per heavy atom. The van der Waals surface area contributed by atoms with Gasteiger partial charge in [0.05, 0.1) is 6.42 Å². The molecule has 0 aliphatic carbocycles. The van der Waals surface area contributed by atoms with Gasteiger partial charge >= 0.3 is 12.1 Å². The molecule has 0 atom stereocenters. The van der Waals surface area contributed by atoms with Gasteiger partial charge in [0.2, 0.25) is 5.91 Å². The van der Waals surface area contributed by atoms with Crippen molar-refractivity contribution in [2.45, 2.75) is 12.6 Å². The number of rotatable bonds is 4. The van der Waals surface area contributed by atoms with Crippen molar-refractivity contribution in [3.8, 4) is 0 Å². The highest BCUT2D eigenvalue weighted by molar-refractivity contribution is 5.96. The lowest BCUT2D eigenvalue weighted by molar-refractivity contribution is -0.167. The molecule has 0 aliphatic rings. The molecule has 0 aromatic heterocycles. The third-order valence-electron chi connectivity index (χ3n) is 2.92. The lowest BCUT2D eigenvalue weighted by atomic mass is 10.1. The molecule has 0 unspecified atom stereocenters. The Morgan fingerprint density at radius 2 is 1.54 bits per heavy atom. The number of alkyl halides is 3. The summed E-state index contributed by atoms with van der Waals surface area (Å²) in [6.07, 6.45) is -5.10. The van der Waals surface area contributed by atoms with Gasteiger partial charge in [0.25, 0.3) is 0 Å². The summed E-state index contributed by atoms with van der Waals surface area (Å²) in [5, 5.41) is 4.16. The van der Waals surface area contributed by atoms with Gasteiger partial charge in [-0.3, -0.25) is 9.59 Å². The van der Waals surface area contributed by atoms with Crippen LogP contribution in [0.2, 0.25) is 0 Å². The number of carbonyl (C=O) groups is 2. The minimum absolute atomic E-state index is 0.100. The third-order valence-corrected chi connectivity index (χ3v) is 2.92. The summed E-state index contributed by atoms with van der Waals surface area (Å²) < 4.78 is 49.7. The van der Waals surface area contributed by atoms with Crippen LogP contribution in [0.15, 0.2) is 48.5 Å². The van der Waals surface area contributed by atoms with Crippen LogP contribution >= 0.6 is 0 Å². The zero-order valence-electron chi connectivity index (χ0n) is 12.2. The number of anilines is 2. The molecule has 2 amide bonds. The summed E-state index contributed by atoms with van der Waals surface area (Å²) in [6, 6.07) is 10.8. The van der Waals surface area contributed by atoms with E-state index in [1.807, 2.05) is 0 Å². The molecule has 0 aliphatic heterocycles. The van der Waals surface area contributed by atoms with E-state index >= 15 is 0 Å². The first kappa shape index (κ1) is 17.5. The number of hydrogen-bond donors (Lipinski definition) is 2. The Bertz CT molecular complexity index is 760. The van der Waals surface area contributed by atoms with E-state index in [2.05, 4.69) is 5.32 Å². The first-order valence-corrected chi connectivity index (χ1v) is 6.76. The van der Waals surface area contributed by atoms with Crippen molar-refractivity contribution in [1.29, 1.82) is 0 Å². The number of amides is 2. The van der Waals surface area contributed by atoms with Crippen LogP contribution in [0.3, 0.4) is 0 Å². The summed E-state index contributed by atoms with van der Waals surface area (Å²) in [7, 11) is 0. The monoisotopic (exact) mass is 340 g/mol. The van der Waals surface area contributed by atoms with Crippen molar-refractivity contribution >= 4 is 23.2 Å². The molecule has 24 heavy (non-hydrogen) atoms. The molecular formula is C16H12F4N2O2. The van der Waals surface area contributed by atoms with Crippen LogP contribution in [0.4, 0.5) is 28.9 Å². The standard InChI is InChI=1S/C16H12F4N2O2/c17-11-4-1-3-10(7-11)8-14(23)21-12-5-2-6-13(9-12)22-15(24)16(18,19)20/h1-7,9H,8H2,(H,21,23)(H,22,24). The molecule has 0 saturated carbocycles. The average Bonchev–Trinajstić information content (AvgIpc) is 2.46. The van der Waals surface area contributed by atoms with Gasteiger partial charge in [0.1, 0.15) is 5.82 Å². The molecule has 0 fully saturated rings. The average molecular weight is 340 g/mol. The number of nitrogens with one attached hydrogen (secondary N) is 2. The fourth-order valence-corrected chi connectivity index (χ4v) is 1.91. The number of halogens is 4. The van der Waals surface area contributed by atoms with Crippen molar-refractivity contribution < 1.29 is 27.2 Å². The molecule has 2 N–H and O–H groups in total. The van der Waals surface area contributed by atoms with Gasteiger partial charge in [-0.1, -0.05) is 18.2 Å². The summed E-state index contributed by atoms with van der Waals surface area (Å²) in [5.74, 6) is -3.05. The molecule has 4 nitrogen and oxygen atoms in total. The van der Waals surface area contributed by atoms with E-state index < -0.39 is 23.8 Å². The fourth-order valence-electron chi connectivity index (χ4n) is 1.91. The second-order valence-electron chi connectivity index (χ2n) is 4.89. The normalized spacial score (nSPS) is 11.0. The second kappa shape index (κ2) is 7.12. The quantitative estimate of drug-likeness (QED) is 0.837. The summed E-state index contributed by atoms with van der Waals surface area (Å²) >= 11 is 0. The van der Waals surface area contributed by atoms with E-state index in [1.54, 1.807) is 11.4 Å². The molecule has 0 bridgehead atoms. The molecule has 2 aromatic carbocycles. The van der Waals surface area contributed by atoms with E-state index in [1.165, 1.54) is 42.5 Å². The molecule has 8 heteroatoms. The van der Waals surface area contributed by atoms with Crippen molar-refractivity contribution in [2.75, 3.05) is 10.6 Å². The molecule has 0 saturated heterocycles. The lowest BCUT2D eigenvalue weighted by Crippen LogP contribution is -2.29. The smallest absolute Gasteiger partial charge is 0.326 e. The molecule has 126 valence electrons. The minimum atomic E-state index is -5.00. The van der Waals surface area contributed by atoms with E-state index in [9.17, 15) is 27.2 Å². The predicted molar refractivity (Wildman–Crippen MR) is 79.9 cm³/mol. The summed E-state index contributed by atoms with van der Waals surface area (Å²) in [4.78, 5) is 22.8. The number of hydrogen-bond acceptors (Lipinski definition) is 2. The van der Waals surface area contributed by atoms with Crippen LogP contribution < -0.4 is 10.6 Å². The molecule has 2 rings (SSSR count). The first-order chi connectivity index (χ1) is 11.2. The maximum Gasteiger partial charge on any atom is 0.471 e.